The first kappa shape index (κ1) is 10.1. The lowest BCUT2D eigenvalue weighted by Crippen LogP contribution is -2.32. The molecule has 0 bridgehead atoms. The molecule has 0 spiro atoms. The third-order valence-corrected chi connectivity index (χ3v) is 2.01. The van der Waals surface area contributed by atoms with E-state index >= 15 is 0 Å². The fourth-order valence-electron chi connectivity index (χ4n) is 1.38. The van der Waals surface area contributed by atoms with Gasteiger partial charge in [-0.3, -0.25) is 0 Å². The average molecular weight is 184 g/mol. The maximum absolute atomic E-state index is 10.2. The Hall–Kier alpha value is -1.03. The highest BCUT2D eigenvalue weighted by molar-refractivity contribution is 5.64. The zero-order chi connectivity index (χ0) is 9.52. The van der Waals surface area contributed by atoms with E-state index in [-0.39, 0.29) is 0 Å². The normalized spacial score (nSPS) is 21.4. The number of allylic oxidation sites excluding steroid dienone is 1. The Bertz CT molecular complexity index is 192. The van der Waals surface area contributed by atoms with Crippen LogP contribution in [0.1, 0.15) is 19.3 Å². The summed E-state index contributed by atoms with van der Waals surface area (Å²) in [5.41, 5.74) is 4.81. The molecule has 1 amide bonds. The van der Waals surface area contributed by atoms with Crippen LogP contribution in [-0.4, -0.2) is 25.3 Å². The van der Waals surface area contributed by atoms with E-state index in [1.54, 1.807) is 0 Å². The SMILES string of the molecule is NC(=O)OCCNC1C=CCCC1. The number of carbonyl (C=O) groups excluding carboxylic acids is 1. The third-order valence-electron chi connectivity index (χ3n) is 2.01. The highest BCUT2D eigenvalue weighted by Crippen LogP contribution is 2.09. The Morgan fingerprint density at radius 2 is 2.54 bits per heavy atom. The van der Waals surface area contributed by atoms with Crippen LogP contribution in [0.5, 0.6) is 0 Å². The summed E-state index contributed by atoms with van der Waals surface area (Å²) >= 11 is 0. The predicted octanol–water partition coefficient (Wildman–Crippen LogP) is 0.780. The fraction of sp³-hybridized carbons (Fsp3) is 0.667. The molecule has 0 aromatic carbocycles. The minimum atomic E-state index is -0.707. The average Bonchev–Trinajstić information content (AvgIpc) is 2.14. The molecular formula is C9H16N2O2. The van der Waals surface area contributed by atoms with Gasteiger partial charge in [0.2, 0.25) is 0 Å². The molecule has 0 aliphatic heterocycles. The van der Waals surface area contributed by atoms with Gasteiger partial charge in [-0.15, -0.1) is 0 Å². The van der Waals surface area contributed by atoms with E-state index in [4.69, 9.17) is 5.73 Å². The van der Waals surface area contributed by atoms with Gasteiger partial charge in [-0.1, -0.05) is 12.2 Å². The Balaban J connectivity index is 2.01. The zero-order valence-corrected chi connectivity index (χ0v) is 7.66. The van der Waals surface area contributed by atoms with Crippen molar-refractivity contribution in [3.8, 4) is 0 Å². The second kappa shape index (κ2) is 5.59. The number of carbonyl (C=O) groups is 1. The number of rotatable bonds is 4. The first-order valence-corrected chi connectivity index (χ1v) is 4.61. The third kappa shape index (κ3) is 4.52. The van der Waals surface area contributed by atoms with Crippen molar-refractivity contribution in [2.75, 3.05) is 13.2 Å². The van der Waals surface area contributed by atoms with E-state index in [2.05, 4.69) is 22.2 Å². The standard InChI is InChI=1S/C9H16N2O2/c10-9(12)13-7-6-11-8-4-2-1-3-5-8/h2,4,8,11H,1,3,5-7H2,(H2,10,12). The number of nitrogens with one attached hydrogen (secondary N) is 1. The number of hydrogen-bond donors (Lipinski definition) is 2. The van der Waals surface area contributed by atoms with E-state index in [1.807, 2.05) is 0 Å². The van der Waals surface area contributed by atoms with Gasteiger partial charge in [0, 0.05) is 12.6 Å². The number of amides is 1. The lowest BCUT2D eigenvalue weighted by molar-refractivity contribution is 0.156. The van der Waals surface area contributed by atoms with E-state index in [0.29, 0.717) is 19.2 Å². The number of nitrogens with two attached hydrogens (primary N) is 1. The van der Waals surface area contributed by atoms with Gasteiger partial charge in [-0.25, -0.2) is 4.79 Å². The molecule has 0 saturated carbocycles. The second-order valence-corrected chi connectivity index (χ2v) is 3.09. The highest BCUT2D eigenvalue weighted by Gasteiger charge is 2.06. The van der Waals surface area contributed by atoms with Crippen LogP contribution in [0, 0.1) is 0 Å². The summed E-state index contributed by atoms with van der Waals surface area (Å²) in [4.78, 5) is 10.2. The Morgan fingerprint density at radius 3 is 3.15 bits per heavy atom. The molecule has 0 heterocycles. The summed E-state index contributed by atoms with van der Waals surface area (Å²) < 4.78 is 4.59. The molecule has 1 aliphatic rings. The molecule has 0 aromatic heterocycles. The number of ether oxygens (including phenoxy) is 1. The highest BCUT2D eigenvalue weighted by atomic mass is 16.5. The van der Waals surface area contributed by atoms with Crippen LogP contribution in [-0.2, 0) is 4.74 Å². The predicted molar refractivity (Wildman–Crippen MR) is 50.3 cm³/mol. The lowest BCUT2D eigenvalue weighted by atomic mass is 10.0. The van der Waals surface area contributed by atoms with Crippen molar-refractivity contribution in [2.24, 2.45) is 5.73 Å². The van der Waals surface area contributed by atoms with E-state index in [0.717, 1.165) is 6.42 Å². The van der Waals surface area contributed by atoms with Gasteiger partial charge in [0.15, 0.2) is 0 Å². The summed E-state index contributed by atoms with van der Waals surface area (Å²) in [5, 5.41) is 3.26. The maximum Gasteiger partial charge on any atom is 0.404 e. The van der Waals surface area contributed by atoms with Crippen LogP contribution in [0.15, 0.2) is 12.2 Å². The smallest absolute Gasteiger partial charge is 0.404 e. The van der Waals surface area contributed by atoms with Gasteiger partial charge in [0.1, 0.15) is 6.61 Å². The molecule has 1 atom stereocenters. The van der Waals surface area contributed by atoms with Crippen LogP contribution in [0.2, 0.25) is 0 Å². The minimum Gasteiger partial charge on any atom is -0.448 e. The first-order chi connectivity index (χ1) is 6.29. The van der Waals surface area contributed by atoms with Crippen molar-refractivity contribution in [3.05, 3.63) is 12.2 Å². The number of hydrogen-bond acceptors (Lipinski definition) is 3. The van der Waals surface area contributed by atoms with Crippen LogP contribution in [0.3, 0.4) is 0 Å². The topological polar surface area (TPSA) is 64.4 Å². The van der Waals surface area contributed by atoms with Gasteiger partial charge < -0.3 is 15.8 Å². The van der Waals surface area contributed by atoms with Crippen LogP contribution >= 0.6 is 0 Å². The lowest BCUT2D eigenvalue weighted by Gasteiger charge is -2.17. The molecule has 13 heavy (non-hydrogen) atoms. The van der Waals surface area contributed by atoms with E-state index < -0.39 is 6.09 Å². The van der Waals surface area contributed by atoms with Crippen molar-refractivity contribution in [1.29, 1.82) is 0 Å². The van der Waals surface area contributed by atoms with Gasteiger partial charge in [-0.05, 0) is 19.3 Å². The summed E-state index contributed by atoms with van der Waals surface area (Å²) in [6, 6.07) is 0.435. The second-order valence-electron chi connectivity index (χ2n) is 3.09. The van der Waals surface area contributed by atoms with Gasteiger partial charge in [0.05, 0.1) is 0 Å². The molecule has 0 saturated heterocycles. The largest absolute Gasteiger partial charge is 0.448 e. The minimum absolute atomic E-state index is 0.347. The molecule has 0 fully saturated rings. The van der Waals surface area contributed by atoms with Gasteiger partial charge >= 0.3 is 6.09 Å². The first-order valence-electron chi connectivity index (χ1n) is 4.61. The van der Waals surface area contributed by atoms with Crippen LogP contribution < -0.4 is 11.1 Å². The monoisotopic (exact) mass is 184 g/mol. The molecule has 0 radical (unpaired) electrons. The van der Waals surface area contributed by atoms with Crippen molar-refractivity contribution in [2.45, 2.75) is 25.3 Å². The van der Waals surface area contributed by atoms with Crippen molar-refractivity contribution in [3.63, 3.8) is 0 Å². The Labute approximate surface area is 78.1 Å². The van der Waals surface area contributed by atoms with Crippen LogP contribution in [0.25, 0.3) is 0 Å². The van der Waals surface area contributed by atoms with Crippen molar-refractivity contribution >= 4 is 6.09 Å². The van der Waals surface area contributed by atoms with Gasteiger partial charge in [0.25, 0.3) is 0 Å². The quantitative estimate of drug-likeness (QED) is 0.501. The summed E-state index contributed by atoms with van der Waals surface area (Å²) in [6.07, 6.45) is 7.19. The Morgan fingerprint density at radius 1 is 1.69 bits per heavy atom. The Kier molecular flexibility index (Phi) is 4.32. The van der Waals surface area contributed by atoms with Gasteiger partial charge in [-0.2, -0.15) is 0 Å². The van der Waals surface area contributed by atoms with Crippen molar-refractivity contribution < 1.29 is 9.53 Å². The van der Waals surface area contributed by atoms with Crippen molar-refractivity contribution in [1.82, 2.24) is 5.32 Å². The summed E-state index contributed by atoms with van der Waals surface area (Å²) in [6.45, 7) is 1.01. The van der Waals surface area contributed by atoms with E-state index in [1.165, 1.54) is 12.8 Å². The summed E-state index contributed by atoms with van der Waals surface area (Å²) in [5.74, 6) is 0. The number of primary amides is 1. The molecule has 4 nitrogen and oxygen atoms in total. The molecule has 1 unspecified atom stereocenters. The molecule has 74 valence electrons. The molecule has 0 aromatic rings. The zero-order valence-electron chi connectivity index (χ0n) is 7.66. The maximum atomic E-state index is 10.2. The van der Waals surface area contributed by atoms with Crippen LogP contribution in [0.4, 0.5) is 4.79 Å². The fourth-order valence-corrected chi connectivity index (χ4v) is 1.38. The molecule has 1 rings (SSSR count). The molecular weight excluding hydrogens is 168 g/mol. The molecule has 3 N–H and O–H groups in total. The molecule has 1 aliphatic carbocycles. The van der Waals surface area contributed by atoms with E-state index in [9.17, 15) is 4.79 Å². The summed E-state index contributed by atoms with van der Waals surface area (Å²) in [7, 11) is 0. The molecule has 4 heteroatoms.